The maximum Gasteiger partial charge on any atom is 0.255 e. The molecule has 0 radical (unpaired) electrons. The zero-order valence-electron chi connectivity index (χ0n) is 15.9. The first-order valence-corrected chi connectivity index (χ1v) is 9.67. The number of carbonyl (C=O) groups is 2. The topological polar surface area (TPSA) is 65.5 Å². The van der Waals surface area contributed by atoms with Crippen molar-refractivity contribution in [3.63, 3.8) is 0 Å². The van der Waals surface area contributed by atoms with Crippen LogP contribution in [-0.2, 0) is 11.2 Å². The Morgan fingerprint density at radius 2 is 2.08 bits per heavy atom. The molecule has 0 bridgehead atoms. The van der Waals surface area contributed by atoms with E-state index in [1.807, 2.05) is 22.9 Å². The van der Waals surface area contributed by atoms with E-state index in [-0.39, 0.29) is 29.3 Å². The maximum absolute atomic E-state index is 12.9. The highest BCUT2D eigenvalue weighted by Gasteiger charge is 2.37. The van der Waals surface area contributed by atoms with Crippen molar-refractivity contribution in [3.05, 3.63) is 23.4 Å². The summed E-state index contributed by atoms with van der Waals surface area (Å²) in [7, 11) is 1.88. The highest BCUT2D eigenvalue weighted by atomic mass is 16.2. The number of likely N-dealkylation sites (tertiary alicyclic amines) is 1. The lowest BCUT2D eigenvalue weighted by molar-refractivity contribution is -0.133. The standard InChI is InChI=1S/C20H28N4O2/c1-20(2)8-6-14-10-15(11-21-17(14)22-20)19(26)24-9-7-16(12-24)23(3)18(25)13-4-5-13/h10-11,13,16H,4-9,12H2,1-3H3,(H,21,22)/t16-/m0/s1. The molecule has 1 N–H and O–H groups in total. The number of hydrogen-bond acceptors (Lipinski definition) is 4. The van der Waals surface area contributed by atoms with Crippen molar-refractivity contribution in [1.82, 2.24) is 14.8 Å². The van der Waals surface area contributed by atoms with E-state index >= 15 is 0 Å². The van der Waals surface area contributed by atoms with Gasteiger partial charge in [-0.15, -0.1) is 0 Å². The molecule has 3 aliphatic rings. The number of aromatic nitrogens is 1. The predicted octanol–water partition coefficient (Wildman–Crippen LogP) is 2.30. The van der Waals surface area contributed by atoms with Gasteiger partial charge in [0.2, 0.25) is 5.91 Å². The molecule has 1 saturated carbocycles. The van der Waals surface area contributed by atoms with Crippen LogP contribution in [0.5, 0.6) is 0 Å². The van der Waals surface area contributed by atoms with Crippen molar-refractivity contribution in [2.75, 3.05) is 25.5 Å². The Hall–Kier alpha value is -2.11. The van der Waals surface area contributed by atoms with E-state index in [9.17, 15) is 9.59 Å². The summed E-state index contributed by atoms with van der Waals surface area (Å²) in [4.78, 5) is 33.4. The van der Waals surface area contributed by atoms with Crippen LogP contribution >= 0.6 is 0 Å². The minimum absolute atomic E-state index is 0.0277. The highest BCUT2D eigenvalue weighted by molar-refractivity contribution is 5.94. The van der Waals surface area contributed by atoms with Gasteiger partial charge in [0, 0.05) is 37.8 Å². The molecule has 2 aliphatic heterocycles. The average Bonchev–Trinajstić information content (AvgIpc) is 3.35. The zero-order valence-corrected chi connectivity index (χ0v) is 15.9. The van der Waals surface area contributed by atoms with Crippen LogP contribution in [-0.4, -0.2) is 58.3 Å². The SMILES string of the molecule is CN(C(=O)C1CC1)[C@H]1CCN(C(=O)c2cnc3c(c2)CCC(C)(C)N3)C1. The molecule has 1 aromatic rings. The van der Waals surface area contributed by atoms with Gasteiger partial charge in [0.05, 0.1) is 11.6 Å². The van der Waals surface area contributed by atoms with E-state index in [0.29, 0.717) is 18.7 Å². The summed E-state index contributed by atoms with van der Waals surface area (Å²) in [5.41, 5.74) is 1.82. The molecule has 26 heavy (non-hydrogen) atoms. The number of hydrogen-bond donors (Lipinski definition) is 1. The summed E-state index contributed by atoms with van der Waals surface area (Å²) in [5.74, 6) is 1.39. The first-order chi connectivity index (χ1) is 12.3. The third-order valence-corrected chi connectivity index (χ3v) is 5.96. The summed E-state index contributed by atoms with van der Waals surface area (Å²) in [6.07, 6.45) is 6.54. The fourth-order valence-corrected chi connectivity index (χ4v) is 3.98. The van der Waals surface area contributed by atoms with Gasteiger partial charge in [-0.3, -0.25) is 9.59 Å². The Morgan fingerprint density at radius 1 is 1.31 bits per heavy atom. The van der Waals surface area contributed by atoms with Gasteiger partial charge in [0.25, 0.3) is 5.91 Å². The van der Waals surface area contributed by atoms with Crippen molar-refractivity contribution in [2.45, 2.75) is 57.5 Å². The quantitative estimate of drug-likeness (QED) is 0.902. The van der Waals surface area contributed by atoms with Crippen LogP contribution in [0.1, 0.15) is 55.5 Å². The minimum Gasteiger partial charge on any atom is -0.365 e. The van der Waals surface area contributed by atoms with Gasteiger partial charge in [-0.05, 0) is 57.6 Å². The molecule has 1 atom stereocenters. The Morgan fingerprint density at radius 3 is 2.81 bits per heavy atom. The molecule has 4 rings (SSSR count). The molecule has 1 aromatic heterocycles. The predicted molar refractivity (Wildman–Crippen MR) is 100 cm³/mol. The monoisotopic (exact) mass is 356 g/mol. The summed E-state index contributed by atoms with van der Waals surface area (Å²) in [6, 6.07) is 2.12. The van der Waals surface area contributed by atoms with E-state index in [0.717, 1.165) is 43.5 Å². The van der Waals surface area contributed by atoms with E-state index in [4.69, 9.17) is 0 Å². The van der Waals surface area contributed by atoms with Crippen LogP contribution in [0.25, 0.3) is 0 Å². The van der Waals surface area contributed by atoms with Crippen LogP contribution in [0.4, 0.5) is 5.82 Å². The molecule has 0 aromatic carbocycles. The number of nitrogens with zero attached hydrogens (tertiary/aromatic N) is 3. The van der Waals surface area contributed by atoms with E-state index in [1.54, 1.807) is 6.20 Å². The molecule has 6 heteroatoms. The number of aryl methyl sites for hydroxylation is 1. The smallest absolute Gasteiger partial charge is 0.255 e. The van der Waals surface area contributed by atoms with Crippen molar-refractivity contribution >= 4 is 17.6 Å². The lowest BCUT2D eigenvalue weighted by Crippen LogP contribution is -2.40. The van der Waals surface area contributed by atoms with Gasteiger partial charge in [-0.1, -0.05) is 0 Å². The number of anilines is 1. The lowest BCUT2D eigenvalue weighted by atomic mass is 9.91. The van der Waals surface area contributed by atoms with Crippen LogP contribution in [0.3, 0.4) is 0 Å². The first-order valence-electron chi connectivity index (χ1n) is 9.67. The lowest BCUT2D eigenvalue weighted by Gasteiger charge is -2.33. The molecule has 1 saturated heterocycles. The maximum atomic E-state index is 12.9. The summed E-state index contributed by atoms with van der Waals surface area (Å²) < 4.78 is 0. The van der Waals surface area contributed by atoms with E-state index < -0.39 is 0 Å². The number of likely N-dealkylation sites (N-methyl/N-ethyl adjacent to an activating group) is 1. The molecular formula is C20H28N4O2. The number of fused-ring (bicyclic) bond motifs is 1. The Kier molecular flexibility index (Phi) is 4.16. The van der Waals surface area contributed by atoms with Crippen molar-refractivity contribution in [1.29, 1.82) is 0 Å². The summed E-state index contributed by atoms with van der Waals surface area (Å²) in [6.45, 7) is 5.66. The number of carbonyl (C=O) groups excluding carboxylic acids is 2. The molecule has 0 unspecified atom stereocenters. The summed E-state index contributed by atoms with van der Waals surface area (Å²) in [5, 5.41) is 3.44. The normalized spacial score (nSPS) is 24.0. The Balaban J connectivity index is 1.43. The third-order valence-electron chi connectivity index (χ3n) is 5.96. The van der Waals surface area contributed by atoms with Crippen LogP contribution in [0.2, 0.25) is 0 Å². The summed E-state index contributed by atoms with van der Waals surface area (Å²) >= 11 is 0. The van der Waals surface area contributed by atoms with E-state index in [1.165, 1.54) is 0 Å². The minimum atomic E-state index is 0.0277. The van der Waals surface area contributed by atoms with Gasteiger partial charge in [-0.2, -0.15) is 0 Å². The molecule has 1 aliphatic carbocycles. The largest absolute Gasteiger partial charge is 0.365 e. The van der Waals surface area contributed by atoms with Crippen LogP contribution < -0.4 is 5.32 Å². The van der Waals surface area contributed by atoms with E-state index in [2.05, 4.69) is 24.1 Å². The molecule has 3 heterocycles. The Bertz CT molecular complexity index is 741. The van der Waals surface area contributed by atoms with Gasteiger partial charge in [-0.25, -0.2) is 4.98 Å². The third kappa shape index (κ3) is 3.29. The molecular weight excluding hydrogens is 328 g/mol. The van der Waals surface area contributed by atoms with Gasteiger partial charge in [0.1, 0.15) is 5.82 Å². The number of amides is 2. The second-order valence-corrected chi connectivity index (χ2v) is 8.66. The average molecular weight is 356 g/mol. The first kappa shape index (κ1) is 17.3. The fourth-order valence-electron chi connectivity index (χ4n) is 3.98. The van der Waals surface area contributed by atoms with Gasteiger partial charge in [0.15, 0.2) is 0 Å². The zero-order chi connectivity index (χ0) is 18.5. The number of nitrogens with one attached hydrogen (secondary N) is 1. The molecule has 0 spiro atoms. The number of rotatable bonds is 3. The Labute approximate surface area is 155 Å². The molecule has 2 amide bonds. The van der Waals surface area contributed by atoms with Crippen LogP contribution in [0.15, 0.2) is 12.3 Å². The van der Waals surface area contributed by atoms with Crippen molar-refractivity contribution < 1.29 is 9.59 Å². The van der Waals surface area contributed by atoms with Crippen molar-refractivity contribution in [3.8, 4) is 0 Å². The van der Waals surface area contributed by atoms with Crippen molar-refractivity contribution in [2.24, 2.45) is 5.92 Å². The van der Waals surface area contributed by atoms with Gasteiger partial charge >= 0.3 is 0 Å². The molecule has 140 valence electrons. The van der Waals surface area contributed by atoms with Crippen LogP contribution in [0, 0.1) is 5.92 Å². The highest BCUT2D eigenvalue weighted by Crippen LogP contribution is 2.32. The molecule has 6 nitrogen and oxygen atoms in total. The second kappa shape index (κ2) is 6.25. The molecule has 2 fully saturated rings. The number of pyridine rings is 1. The fraction of sp³-hybridized carbons (Fsp3) is 0.650. The van der Waals surface area contributed by atoms with Gasteiger partial charge < -0.3 is 15.1 Å². The second-order valence-electron chi connectivity index (χ2n) is 8.66.